The van der Waals surface area contributed by atoms with E-state index in [1.54, 1.807) is 0 Å². The number of halogens is 1. The van der Waals surface area contributed by atoms with Gasteiger partial charge in [0.2, 0.25) is 0 Å². The Morgan fingerprint density at radius 3 is 2.25 bits per heavy atom. The Morgan fingerprint density at radius 2 is 2.25 bits per heavy atom. The van der Waals surface area contributed by atoms with Gasteiger partial charge in [0.05, 0.1) is 0 Å². The zero-order valence-electron chi connectivity index (χ0n) is 2.16. The Labute approximate surface area is 43.0 Å². The fourth-order valence-corrected chi connectivity index (χ4v) is 0. The first-order chi connectivity index (χ1) is 1.91. The van der Waals surface area contributed by atoms with Gasteiger partial charge in [0.25, 0.3) is 0 Å². The standard InChI is InChI=1S/CH3BIP/c2-4-1-3/h4H,1H2. The lowest BCUT2D eigenvalue weighted by molar-refractivity contribution is 2.43. The zero-order chi connectivity index (χ0) is 3.41. The highest BCUT2D eigenvalue weighted by Gasteiger charge is 1.57. The molecule has 0 saturated carbocycles. The fourth-order valence-electron chi connectivity index (χ4n) is 0. The van der Waals surface area contributed by atoms with Crippen LogP contribution < -0.4 is 0 Å². The van der Waals surface area contributed by atoms with Gasteiger partial charge < -0.3 is 0 Å². The van der Waals surface area contributed by atoms with Crippen LogP contribution >= 0.6 is 31.1 Å². The van der Waals surface area contributed by atoms with Crippen molar-refractivity contribution in [2.24, 2.45) is 0 Å². The molecule has 0 heterocycles. The monoisotopic (exact) mass is 184 g/mol. The first-order valence-electron chi connectivity index (χ1n) is 0.909. The van der Waals surface area contributed by atoms with E-state index in [1.165, 1.54) is 0 Å². The van der Waals surface area contributed by atoms with E-state index < -0.39 is 0 Å². The van der Waals surface area contributed by atoms with E-state index in [1.807, 2.05) is 0 Å². The van der Waals surface area contributed by atoms with Crippen LogP contribution in [0.2, 0.25) is 0 Å². The average Bonchev–Trinajstić information content (AvgIpc) is 1.37. The Kier molecular flexibility index (Phi) is 5.52. The summed E-state index contributed by atoms with van der Waals surface area (Å²) in [4.78, 5) is 0. The molecule has 0 aliphatic heterocycles. The Bertz CT molecular complexity index is 10.0. The number of rotatable bonds is 1. The van der Waals surface area contributed by atoms with Crippen LogP contribution in [0.1, 0.15) is 0 Å². The van der Waals surface area contributed by atoms with Crippen LogP contribution in [-0.2, 0) is 0 Å². The Morgan fingerprint density at radius 1 is 2.00 bits per heavy atom. The third-order valence-corrected chi connectivity index (χ3v) is 1.55. The maximum Gasteiger partial charge on any atom is 0.105 e. The molecule has 4 heavy (non-hydrogen) atoms. The van der Waals surface area contributed by atoms with Crippen molar-refractivity contribution in [3.63, 3.8) is 0 Å². The summed E-state index contributed by atoms with van der Waals surface area (Å²) in [6.07, 6.45) is 0. The predicted octanol–water partition coefficient (Wildman–Crippen LogP) is 1.14. The van der Waals surface area contributed by atoms with Crippen LogP contribution in [0.3, 0.4) is 0 Å². The summed E-state index contributed by atoms with van der Waals surface area (Å²) in [5.74, 6) is 0. The first-order valence-corrected chi connectivity index (χ1v) is 3.72. The van der Waals surface area contributed by atoms with Crippen molar-refractivity contribution < 1.29 is 0 Å². The third kappa shape index (κ3) is 3.22. The number of alkyl halides is 1. The molecule has 2 radical (unpaired) electrons. The highest BCUT2D eigenvalue weighted by atomic mass is 127. The van der Waals surface area contributed by atoms with Crippen molar-refractivity contribution in [2.75, 3.05) is 4.17 Å². The average molecular weight is 184 g/mol. The largest absolute Gasteiger partial charge is 0.162 e. The van der Waals surface area contributed by atoms with E-state index in [0.29, 0.717) is 8.46 Å². The van der Waals surface area contributed by atoms with Crippen LogP contribution in [0.4, 0.5) is 0 Å². The van der Waals surface area contributed by atoms with E-state index in [4.69, 9.17) is 7.57 Å². The second kappa shape index (κ2) is 4.22. The molecule has 0 rings (SSSR count). The van der Waals surface area contributed by atoms with Crippen LogP contribution in [0.25, 0.3) is 0 Å². The lowest BCUT2D eigenvalue weighted by atomic mass is 10.8. The molecule has 0 aromatic carbocycles. The van der Waals surface area contributed by atoms with Crippen molar-refractivity contribution >= 4 is 38.6 Å². The molecule has 3 heteroatoms. The van der Waals surface area contributed by atoms with Gasteiger partial charge in [-0.05, 0) is 0 Å². The molecular weight excluding hydrogens is 181 g/mol. The summed E-state index contributed by atoms with van der Waals surface area (Å²) in [5, 5.41) is 0. The smallest absolute Gasteiger partial charge is 0.105 e. The van der Waals surface area contributed by atoms with Gasteiger partial charge in [0.1, 0.15) is 7.57 Å². The summed E-state index contributed by atoms with van der Waals surface area (Å²) >= 11 is 2.24. The lowest BCUT2D eigenvalue weighted by Gasteiger charge is -1.67. The van der Waals surface area contributed by atoms with Gasteiger partial charge in [-0.15, -0.1) is 0 Å². The van der Waals surface area contributed by atoms with Gasteiger partial charge in [0, 0.05) is 4.17 Å². The van der Waals surface area contributed by atoms with Crippen molar-refractivity contribution in [3.05, 3.63) is 0 Å². The van der Waals surface area contributed by atoms with E-state index in [0.717, 1.165) is 4.17 Å². The molecule has 0 fully saturated rings. The summed E-state index contributed by atoms with van der Waals surface area (Å²) in [5.41, 5.74) is 0. The summed E-state index contributed by atoms with van der Waals surface area (Å²) < 4.78 is 1.10. The third-order valence-electron chi connectivity index (χ3n) is 0.0772. The highest BCUT2D eigenvalue weighted by Crippen LogP contribution is 2.02. The summed E-state index contributed by atoms with van der Waals surface area (Å²) in [7, 11) is 5.68. The Hall–Kier alpha value is 1.22. The zero-order valence-corrected chi connectivity index (χ0v) is 5.32. The van der Waals surface area contributed by atoms with Gasteiger partial charge in [-0.25, -0.2) is 0 Å². The van der Waals surface area contributed by atoms with Crippen molar-refractivity contribution in [3.8, 4) is 0 Å². The molecule has 0 aromatic heterocycles. The predicted molar refractivity (Wildman–Crippen MR) is 33.0 cm³/mol. The van der Waals surface area contributed by atoms with E-state index in [9.17, 15) is 0 Å². The van der Waals surface area contributed by atoms with Crippen LogP contribution in [0.5, 0.6) is 0 Å². The molecule has 0 amide bonds. The van der Waals surface area contributed by atoms with Crippen molar-refractivity contribution in [2.45, 2.75) is 0 Å². The SMILES string of the molecule is [B]PCI. The van der Waals surface area contributed by atoms with Gasteiger partial charge in [-0.1, -0.05) is 22.6 Å². The van der Waals surface area contributed by atoms with E-state index in [2.05, 4.69) is 22.6 Å². The second-order valence-electron chi connectivity index (χ2n) is 0.338. The van der Waals surface area contributed by atoms with Crippen LogP contribution in [0, 0.1) is 0 Å². The van der Waals surface area contributed by atoms with Gasteiger partial charge in [-0.2, -0.15) is 8.46 Å². The molecule has 0 spiro atoms. The molecule has 0 aliphatic carbocycles. The maximum absolute atomic E-state index is 5.05. The molecule has 1 atom stereocenters. The minimum atomic E-state index is 0.627. The lowest BCUT2D eigenvalue weighted by Crippen LogP contribution is -1.41. The fraction of sp³-hybridized carbons (Fsp3) is 1.00. The van der Waals surface area contributed by atoms with E-state index >= 15 is 0 Å². The molecular formula is CH3BIP. The minimum absolute atomic E-state index is 0.627. The normalized spacial score (nSPS) is 10.2. The quantitative estimate of drug-likeness (QED) is 0.248. The first kappa shape index (κ1) is 5.22. The molecule has 0 nitrogen and oxygen atoms in total. The highest BCUT2D eigenvalue weighted by molar-refractivity contribution is 14.1. The molecule has 22 valence electrons. The topological polar surface area (TPSA) is 0 Å². The molecule has 0 bridgehead atoms. The molecule has 1 unspecified atom stereocenters. The summed E-state index contributed by atoms with van der Waals surface area (Å²) in [6, 6.07) is 0. The maximum atomic E-state index is 5.05. The number of hydrogen-bond donors (Lipinski definition) is 0. The van der Waals surface area contributed by atoms with Crippen LogP contribution in [-0.4, -0.2) is 11.7 Å². The van der Waals surface area contributed by atoms with E-state index in [-0.39, 0.29) is 0 Å². The molecule has 0 saturated heterocycles. The second-order valence-corrected chi connectivity index (χ2v) is 3.30. The van der Waals surface area contributed by atoms with Crippen molar-refractivity contribution in [1.29, 1.82) is 0 Å². The van der Waals surface area contributed by atoms with Gasteiger partial charge >= 0.3 is 0 Å². The summed E-state index contributed by atoms with van der Waals surface area (Å²) in [6.45, 7) is 0. The van der Waals surface area contributed by atoms with Crippen LogP contribution in [0.15, 0.2) is 0 Å². The van der Waals surface area contributed by atoms with Gasteiger partial charge in [0.15, 0.2) is 0 Å². The minimum Gasteiger partial charge on any atom is -0.162 e. The Balaban J connectivity index is 1.97. The molecule has 0 N–H and O–H groups in total. The number of hydrogen-bond acceptors (Lipinski definition) is 0. The van der Waals surface area contributed by atoms with Crippen molar-refractivity contribution in [1.82, 2.24) is 0 Å². The molecule has 0 aliphatic rings. The molecule has 0 aromatic rings. The van der Waals surface area contributed by atoms with Gasteiger partial charge in [-0.3, -0.25) is 0 Å².